The topological polar surface area (TPSA) is 61.1 Å². The van der Waals surface area contributed by atoms with Crippen molar-refractivity contribution in [3.05, 3.63) is 36.3 Å². The number of hydrogen-bond donors (Lipinski definition) is 1. The number of imidazole rings is 1. The molecule has 5 heteroatoms. The number of pyridine rings is 1. The van der Waals surface area contributed by atoms with Crippen molar-refractivity contribution in [1.82, 2.24) is 19.2 Å². The predicted molar refractivity (Wildman–Crippen MR) is 80.5 cm³/mol. The maximum Gasteiger partial charge on any atom is 0.139 e. The van der Waals surface area contributed by atoms with Gasteiger partial charge in [-0.15, -0.1) is 0 Å². The van der Waals surface area contributed by atoms with Crippen LogP contribution in [0.3, 0.4) is 0 Å². The Bertz CT molecular complexity index is 773. The number of aryl methyl sites for hydroxylation is 1. The van der Waals surface area contributed by atoms with E-state index >= 15 is 0 Å². The number of nitrogens with zero attached hydrogens (tertiary/aromatic N) is 4. The van der Waals surface area contributed by atoms with Crippen LogP contribution in [0, 0.1) is 0 Å². The molecule has 0 radical (unpaired) electrons. The Hall–Kier alpha value is -2.30. The summed E-state index contributed by atoms with van der Waals surface area (Å²) < 4.78 is 3.72. The van der Waals surface area contributed by atoms with E-state index in [1.807, 2.05) is 46.7 Å². The van der Waals surface area contributed by atoms with Crippen molar-refractivity contribution in [2.24, 2.45) is 7.05 Å². The SMILES string of the molecule is Cn1cc(-c2nc3ccccn3c2N)c(C(C)(C)C)n1. The molecule has 0 unspecified atom stereocenters. The second kappa shape index (κ2) is 4.10. The minimum Gasteiger partial charge on any atom is -0.383 e. The van der Waals surface area contributed by atoms with Crippen LogP contribution in [-0.4, -0.2) is 19.2 Å². The van der Waals surface area contributed by atoms with Crippen LogP contribution in [0.4, 0.5) is 5.82 Å². The standard InChI is InChI=1S/C15H19N5/c1-15(2,3)13-10(9-19(4)18-13)12-14(16)20-8-6-5-7-11(20)17-12/h5-9H,16H2,1-4H3. The fourth-order valence-corrected chi connectivity index (χ4v) is 2.43. The fourth-order valence-electron chi connectivity index (χ4n) is 2.43. The maximum atomic E-state index is 6.26. The van der Waals surface area contributed by atoms with Gasteiger partial charge in [-0.3, -0.25) is 9.08 Å². The molecule has 0 aromatic carbocycles. The second-order valence-corrected chi connectivity index (χ2v) is 6.09. The largest absolute Gasteiger partial charge is 0.383 e. The van der Waals surface area contributed by atoms with E-state index in [0.29, 0.717) is 5.82 Å². The zero-order valence-corrected chi connectivity index (χ0v) is 12.3. The van der Waals surface area contributed by atoms with Gasteiger partial charge < -0.3 is 5.73 Å². The molecular weight excluding hydrogens is 250 g/mol. The van der Waals surface area contributed by atoms with Gasteiger partial charge in [-0.1, -0.05) is 26.8 Å². The van der Waals surface area contributed by atoms with E-state index in [2.05, 4.69) is 30.9 Å². The molecule has 0 fully saturated rings. The molecule has 0 saturated heterocycles. The van der Waals surface area contributed by atoms with Gasteiger partial charge in [-0.25, -0.2) is 4.98 Å². The summed E-state index contributed by atoms with van der Waals surface area (Å²) in [6.07, 6.45) is 3.91. The normalized spacial score (nSPS) is 12.2. The van der Waals surface area contributed by atoms with Crippen molar-refractivity contribution in [2.45, 2.75) is 26.2 Å². The summed E-state index contributed by atoms with van der Waals surface area (Å²) in [7, 11) is 1.92. The van der Waals surface area contributed by atoms with Crippen molar-refractivity contribution < 1.29 is 0 Å². The lowest BCUT2D eigenvalue weighted by Gasteiger charge is -2.16. The van der Waals surface area contributed by atoms with Crippen LogP contribution in [0.15, 0.2) is 30.6 Å². The predicted octanol–water partition coefficient (Wildman–Crippen LogP) is 2.61. The third kappa shape index (κ3) is 1.86. The van der Waals surface area contributed by atoms with E-state index in [-0.39, 0.29) is 5.41 Å². The van der Waals surface area contributed by atoms with Crippen LogP contribution >= 0.6 is 0 Å². The zero-order valence-electron chi connectivity index (χ0n) is 12.3. The van der Waals surface area contributed by atoms with Gasteiger partial charge in [0.05, 0.1) is 5.69 Å². The van der Waals surface area contributed by atoms with Crippen LogP contribution in [0.2, 0.25) is 0 Å². The van der Waals surface area contributed by atoms with Crippen molar-refractivity contribution in [1.29, 1.82) is 0 Å². The first-order chi connectivity index (χ1) is 9.38. The summed E-state index contributed by atoms with van der Waals surface area (Å²) in [6.45, 7) is 6.43. The maximum absolute atomic E-state index is 6.26. The third-order valence-electron chi connectivity index (χ3n) is 3.36. The lowest BCUT2D eigenvalue weighted by Crippen LogP contribution is -2.14. The summed E-state index contributed by atoms with van der Waals surface area (Å²) >= 11 is 0. The average molecular weight is 269 g/mol. The van der Waals surface area contributed by atoms with Gasteiger partial charge in [0.1, 0.15) is 17.2 Å². The van der Waals surface area contributed by atoms with E-state index in [1.165, 1.54) is 0 Å². The van der Waals surface area contributed by atoms with Crippen molar-refractivity contribution >= 4 is 11.5 Å². The first-order valence-electron chi connectivity index (χ1n) is 6.65. The Balaban J connectivity index is 2.29. The van der Waals surface area contributed by atoms with E-state index in [1.54, 1.807) is 0 Å². The summed E-state index contributed by atoms with van der Waals surface area (Å²) in [6, 6.07) is 5.86. The Labute approximate surface area is 118 Å². The summed E-state index contributed by atoms with van der Waals surface area (Å²) in [5.74, 6) is 0.652. The van der Waals surface area contributed by atoms with E-state index < -0.39 is 0 Å². The average Bonchev–Trinajstić information content (AvgIpc) is 2.91. The first kappa shape index (κ1) is 12.7. The van der Waals surface area contributed by atoms with Gasteiger partial charge in [0.25, 0.3) is 0 Å². The molecule has 0 aliphatic carbocycles. The quantitative estimate of drug-likeness (QED) is 0.738. The molecule has 0 amide bonds. The Kier molecular flexibility index (Phi) is 2.61. The van der Waals surface area contributed by atoms with Gasteiger partial charge in [-0.05, 0) is 12.1 Å². The highest BCUT2D eigenvalue weighted by molar-refractivity contribution is 5.76. The highest BCUT2D eigenvalue weighted by Crippen LogP contribution is 2.34. The minimum atomic E-state index is -0.0567. The Morgan fingerprint density at radius 3 is 2.60 bits per heavy atom. The molecule has 2 N–H and O–H groups in total. The number of nitrogen functional groups attached to an aromatic ring is 1. The van der Waals surface area contributed by atoms with Crippen LogP contribution in [0.5, 0.6) is 0 Å². The van der Waals surface area contributed by atoms with Gasteiger partial charge >= 0.3 is 0 Å². The van der Waals surface area contributed by atoms with Crippen LogP contribution < -0.4 is 5.73 Å². The lowest BCUT2D eigenvalue weighted by atomic mass is 9.89. The second-order valence-electron chi connectivity index (χ2n) is 6.09. The Morgan fingerprint density at radius 2 is 1.95 bits per heavy atom. The molecule has 0 atom stereocenters. The highest BCUT2D eigenvalue weighted by atomic mass is 15.3. The molecule has 20 heavy (non-hydrogen) atoms. The van der Waals surface area contributed by atoms with Gasteiger partial charge in [-0.2, -0.15) is 5.10 Å². The summed E-state index contributed by atoms with van der Waals surface area (Å²) in [5.41, 5.74) is 9.86. The van der Waals surface area contributed by atoms with E-state index in [0.717, 1.165) is 22.6 Å². The molecule has 0 aliphatic rings. The molecular formula is C15H19N5. The molecule has 3 aromatic heterocycles. The molecule has 0 saturated carbocycles. The van der Waals surface area contributed by atoms with Crippen molar-refractivity contribution in [3.8, 4) is 11.3 Å². The van der Waals surface area contributed by atoms with Gasteiger partial charge in [0, 0.05) is 30.4 Å². The molecule has 104 valence electrons. The Morgan fingerprint density at radius 1 is 1.20 bits per heavy atom. The molecule has 3 aromatic rings. The van der Waals surface area contributed by atoms with Crippen LogP contribution in [0.25, 0.3) is 16.9 Å². The molecule has 3 heterocycles. The van der Waals surface area contributed by atoms with Crippen LogP contribution in [0.1, 0.15) is 26.5 Å². The summed E-state index contributed by atoms with van der Waals surface area (Å²) in [4.78, 5) is 4.65. The number of rotatable bonds is 1. The summed E-state index contributed by atoms with van der Waals surface area (Å²) in [5, 5.41) is 4.58. The van der Waals surface area contributed by atoms with Crippen molar-refractivity contribution in [2.75, 3.05) is 5.73 Å². The highest BCUT2D eigenvalue weighted by Gasteiger charge is 2.25. The number of anilines is 1. The number of hydrogen-bond acceptors (Lipinski definition) is 3. The lowest BCUT2D eigenvalue weighted by molar-refractivity contribution is 0.554. The molecule has 5 nitrogen and oxygen atoms in total. The van der Waals surface area contributed by atoms with Crippen molar-refractivity contribution in [3.63, 3.8) is 0 Å². The van der Waals surface area contributed by atoms with E-state index in [4.69, 9.17) is 5.73 Å². The first-order valence-corrected chi connectivity index (χ1v) is 6.65. The molecule has 0 spiro atoms. The third-order valence-corrected chi connectivity index (χ3v) is 3.36. The zero-order chi connectivity index (χ0) is 14.5. The minimum absolute atomic E-state index is 0.0567. The molecule has 3 rings (SSSR count). The number of fused-ring (bicyclic) bond motifs is 1. The number of aromatic nitrogens is 4. The van der Waals surface area contributed by atoms with E-state index in [9.17, 15) is 0 Å². The molecule has 0 bridgehead atoms. The van der Waals surface area contributed by atoms with Gasteiger partial charge in [0.2, 0.25) is 0 Å². The number of nitrogens with two attached hydrogens (primary N) is 1. The van der Waals surface area contributed by atoms with Crippen LogP contribution in [-0.2, 0) is 12.5 Å². The molecule has 0 aliphatic heterocycles. The smallest absolute Gasteiger partial charge is 0.139 e. The fraction of sp³-hybridized carbons (Fsp3) is 0.333. The monoisotopic (exact) mass is 269 g/mol. The van der Waals surface area contributed by atoms with Gasteiger partial charge in [0.15, 0.2) is 0 Å².